The average Bonchev–Trinajstić information content (AvgIpc) is 3.03. The van der Waals surface area contributed by atoms with Crippen molar-refractivity contribution >= 4 is 17.4 Å². The first kappa shape index (κ1) is 13.3. The summed E-state index contributed by atoms with van der Waals surface area (Å²) < 4.78 is 5.32. The van der Waals surface area contributed by atoms with E-state index in [1.807, 2.05) is 12.1 Å². The molecule has 2 aliphatic rings. The van der Waals surface area contributed by atoms with E-state index in [-0.39, 0.29) is 11.9 Å². The maximum absolute atomic E-state index is 12.2. The number of pyridine rings is 1. The van der Waals surface area contributed by atoms with Gasteiger partial charge in [0.1, 0.15) is 6.04 Å². The smallest absolute Gasteiger partial charge is 0.244 e. The fourth-order valence-corrected chi connectivity index (χ4v) is 2.63. The molecule has 2 fully saturated rings. The predicted molar refractivity (Wildman–Crippen MR) is 76.9 cm³/mol. The first-order chi connectivity index (χ1) is 9.84. The van der Waals surface area contributed by atoms with E-state index in [4.69, 9.17) is 4.74 Å². The van der Waals surface area contributed by atoms with Crippen LogP contribution in [0.15, 0.2) is 18.3 Å². The number of ether oxygens (including phenoxy) is 1. The van der Waals surface area contributed by atoms with Crippen molar-refractivity contribution in [3.63, 3.8) is 0 Å². The van der Waals surface area contributed by atoms with Crippen molar-refractivity contribution in [3.8, 4) is 0 Å². The molecule has 0 aromatic carbocycles. The highest BCUT2D eigenvalue weighted by atomic mass is 16.5. The fourth-order valence-electron chi connectivity index (χ4n) is 2.63. The number of nitrogens with zero attached hydrogens (tertiary/aromatic N) is 2. The van der Waals surface area contributed by atoms with Crippen LogP contribution in [0.4, 0.5) is 11.5 Å². The minimum Gasteiger partial charge on any atom is -0.378 e. The van der Waals surface area contributed by atoms with E-state index in [2.05, 4.69) is 20.5 Å². The molecule has 0 aliphatic carbocycles. The number of hydrogen-bond donors (Lipinski definition) is 2. The number of anilines is 2. The van der Waals surface area contributed by atoms with E-state index < -0.39 is 0 Å². The average molecular weight is 276 g/mol. The van der Waals surface area contributed by atoms with Crippen LogP contribution in [0.5, 0.6) is 0 Å². The van der Waals surface area contributed by atoms with Crippen molar-refractivity contribution in [3.05, 3.63) is 18.3 Å². The summed E-state index contributed by atoms with van der Waals surface area (Å²) in [5.74, 6) is 0.813. The third-order valence-electron chi connectivity index (χ3n) is 3.69. The van der Waals surface area contributed by atoms with Gasteiger partial charge in [0.25, 0.3) is 0 Å². The third-order valence-corrected chi connectivity index (χ3v) is 3.69. The van der Waals surface area contributed by atoms with Crippen LogP contribution in [-0.4, -0.2) is 49.8 Å². The van der Waals surface area contributed by atoms with Crippen molar-refractivity contribution in [2.45, 2.75) is 18.9 Å². The molecule has 3 heterocycles. The van der Waals surface area contributed by atoms with Crippen LogP contribution in [0.3, 0.4) is 0 Å². The molecule has 2 saturated heterocycles. The van der Waals surface area contributed by atoms with Gasteiger partial charge in [-0.2, -0.15) is 0 Å². The SMILES string of the molecule is O=C(Nc1cccnc1N1CCCC1)C1COCCN1. The number of carbonyl (C=O) groups is 1. The minimum atomic E-state index is -0.282. The molecule has 0 radical (unpaired) electrons. The van der Waals surface area contributed by atoms with E-state index in [1.165, 1.54) is 12.8 Å². The van der Waals surface area contributed by atoms with E-state index in [0.29, 0.717) is 19.8 Å². The van der Waals surface area contributed by atoms with Gasteiger partial charge < -0.3 is 20.3 Å². The number of amides is 1. The number of nitrogens with one attached hydrogen (secondary N) is 2. The number of rotatable bonds is 3. The Labute approximate surface area is 118 Å². The van der Waals surface area contributed by atoms with Crippen LogP contribution < -0.4 is 15.5 Å². The van der Waals surface area contributed by atoms with Gasteiger partial charge in [-0.15, -0.1) is 0 Å². The summed E-state index contributed by atoms with van der Waals surface area (Å²) in [6.07, 6.45) is 4.13. The molecule has 20 heavy (non-hydrogen) atoms. The maximum atomic E-state index is 12.2. The zero-order valence-electron chi connectivity index (χ0n) is 11.5. The number of aromatic nitrogens is 1. The standard InChI is InChI=1S/C14H20N4O2/c19-14(12-10-20-9-6-15-12)17-11-4-3-5-16-13(11)18-7-1-2-8-18/h3-5,12,15H,1-2,6-10H2,(H,17,19). The van der Waals surface area contributed by atoms with Gasteiger partial charge in [-0.25, -0.2) is 4.98 Å². The van der Waals surface area contributed by atoms with E-state index in [9.17, 15) is 4.79 Å². The molecule has 2 aliphatic heterocycles. The molecule has 1 unspecified atom stereocenters. The molecule has 108 valence electrons. The fraction of sp³-hybridized carbons (Fsp3) is 0.571. The Morgan fingerprint density at radius 1 is 1.45 bits per heavy atom. The van der Waals surface area contributed by atoms with Gasteiger partial charge in [0.15, 0.2) is 5.82 Å². The van der Waals surface area contributed by atoms with Gasteiger partial charge in [-0.1, -0.05) is 0 Å². The van der Waals surface area contributed by atoms with Crippen LogP contribution in [0.1, 0.15) is 12.8 Å². The molecule has 1 aromatic heterocycles. The van der Waals surface area contributed by atoms with E-state index in [0.717, 1.165) is 24.6 Å². The van der Waals surface area contributed by atoms with Gasteiger partial charge in [0, 0.05) is 25.8 Å². The van der Waals surface area contributed by atoms with E-state index >= 15 is 0 Å². The third kappa shape index (κ3) is 2.91. The highest BCUT2D eigenvalue weighted by molar-refractivity contribution is 5.97. The highest BCUT2D eigenvalue weighted by Crippen LogP contribution is 2.26. The van der Waals surface area contributed by atoms with Crippen LogP contribution in [0.25, 0.3) is 0 Å². The van der Waals surface area contributed by atoms with Gasteiger partial charge in [0.2, 0.25) is 5.91 Å². The molecule has 1 aromatic rings. The van der Waals surface area contributed by atoms with Crippen LogP contribution in [-0.2, 0) is 9.53 Å². The molecule has 1 atom stereocenters. The Bertz CT molecular complexity index is 468. The first-order valence-electron chi connectivity index (χ1n) is 7.16. The molecule has 1 amide bonds. The summed E-state index contributed by atoms with van der Waals surface area (Å²) in [4.78, 5) is 18.9. The summed E-state index contributed by atoms with van der Waals surface area (Å²) in [7, 11) is 0. The molecule has 3 rings (SSSR count). The maximum Gasteiger partial charge on any atom is 0.244 e. The van der Waals surface area contributed by atoms with Crippen LogP contribution >= 0.6 is 0 Å². The molecule has 0 bridgehead atoms. The quantitative estimate of drug-likeness (QED) is 0.846. The molecule has 6 heteroatoms. The second-order valence-corrected chi connectivity index (χ2v) is 5.14. The number of morpholine rings is 1. The Balaban J connectivity index is 1.71. The summed E-state index contributed by atoms with van der Waals surface area (Å²) in [6.45, 7) is 3.81. The lowest BCUT2D eigenvalue weighted by atomic mass is 10.2. The second-order valence-electron chi connectivity index (χ2n) is 5.14. The second kappa shape index (κ2) is 6.19. The summed E-state index contributed by atoms with van der Waals surface area (Å²) in [6, 6.07) is 3.47. The summed E-state index contributed by atoms with van der Waals surface area (Å²) in [5.41, 5.74) is 0.784. The summed E-state index contributed by atoms with van der Waals surface area (Å²) in [5, 5.41) is 6.13. The molecule has 2 N–H and O–H groups in total. The zero-order valence-corrected chi connectivity index (χ0v) is 11.5. The van der Waals surface area contributed by atoms with E-state index in [1.54, 1.807) is 6.20 Å². The predicted octanol–water partition coefficient (Wildman–Crippen LogP) is 0.609. The lowest BCUT2D eigenvalue weighted by Crippen LogP contribution is -2.49. The molecular formula is C14H20N4O2. The molecule has 0 spiro atoms. The van der Waals surface area contributed by atoms with Crippen molar-refractivity contribution < 1.29 is 9.53 Å². The number of hydrogen-bond acceptors (Lipinski definition) is 5. The van der Waals surface area contributed by atoms with Gasteiger partial charge >= 0.3 is 0 Å². The Morgan fingerprint density at radius 2 is 2.30 bits per heavy atom. The van der Waals surface area contributed by atoms with Crippen molar-refractivity contribution in [1.29, 1.82) is 0 Å². The van der Waals surface area contributed by atoms with Crippen LogP contribution in [0.2, 0.25) is 0 Å². The minimum absolute atomic E-state index is 0.0573. The Hall–Kier alpha value is -1.66. The molecular weight excluding hydrogens is 256 g/mol. The summed E-state index contributed by atoms with van der Waals surface area (Å²) >= 11 is 0. The molecule has 0 saturated carbocycles. The monoisotopic (exact) mass is 276 g/mol. The lowest BCUT2D eigenvalue weighted by molar-refractivity contribution is -0.120. The van der Waals surface area contributed by atoms with Crippen molar-refractivity contribution in [2.75, 3.05) is 43.1 Å². The Morgan fingerprint density at radius 3 is 3.05 bits per heavy atom. The van der Waals surface area contributed by atoms with Crippen molar-refractivity contribution in [2.24, 2.45) is 0 Å². The lowest BCUT2D eigenvalue weighted by Gasteiger charge is -2.24. The van der Waals surface area contributed by atoms with Crippen LogP contribution in [0, 0.1) is 0 Å². The number of carbonyl (C=O) groups excluding carboxylic acids is 1. The normalized spacial score (nSPS) is 22.8. The Kier molecular flexibility index (Phi) is 4.13. The largest absolute Gasteiger partial charge is 0.378 e. The van der Waals surface area contributed by atoms with Crippen molar-refractivity contribution in [1.82, 2.24) is 10.3 Å². The highest BCUT2D eigenvalue weighted by Gasteiger charge is 2.23. The zero-order chi connectivity index (χ0) is 13.8. The van der Waals surface area contributed by atoms with Gasteiger partial charge in [-0.05, 0) is 25.0 Å². The topological polar surface area (TPSA) is 66.5 Å². The van der Waals surface area contributed by atoms with Gasteiger partial charge in [0.05, 0.1) is 18.9 Å². The first-order valence-corrected chi connectivity index (χ1v) is 7.16. The van der Waals surface area contributed by atoms with Gasteiger partial charge in [-0.3, -0.25) is 4.79 Å². The molecule has 6 nitrogen and oxygen atoms in total.